The Hall–Kier alpha value is -0.860. The predicted molar refractivity (Wildman–Crippen MR) is 78.2 cm³/mol. The van der Waals surface area contributed by atoms with E-state index in [1.54, 1.807) is 0 Å². The molecule has 112 valence electrons. The van der Waals surface area contributed by atoms with E-state index in [-0.39, 0.29) is 12.2 Å². The second-order valence-corrected chi connectivity index (χ2v) is 5.55. The monoisotopic (exact) mass is 270 g/mol. The smallest absolute Gasteiger partial charge is 0.306 e. The van der Waals surface area contributed by atoms with Gasteiger partial charge in [0, 0.05) is 12.8 Å². The van der Waals surface area contributed by atoms with Gasteiger partial charge in [0.05, 0.1) is 5.92 Å². The van der Waals surface area contributed by atoms with Crippen LogP contribution < -0.4 is 0 Å². The summed E-state index contributed by atoms with van der Waals surface area (Å²) < 4.78 is 0. The fourth-order valence-electron chi connectivity index (χ4n) is 2.65. The van der Waals surface area contributed by atoms with Gasteiger partial charge in [-0.3, -0.25) is 9.59 Å². The van der Waals surface area contributed by atoms with E-state index in [0.29, 0.717) is 18.8 Å². The van der Waals surface area contributed by atoms with Crippen molar-refractivity contribution >= 4 is 11.8 Å². The summed E-state index contributed by atoms with van der Waals surface area (Å²) in [5.41, 5.74) is 0. The molecule has 1 atom stereocenters. The van der Waals surface area contributed by atoms with Crippen LogP contribution in [0.5, 0.6) is 0 Å². The van der Waals surface area contributed by atoms with Gasteiger partial charge in [-0.1, -0.05) is 52.9 Å². The van der Waals surface area contributed by atoms with Crippen LogP contribution in [0.25, 0.3) is 0 Å². The van der Waals surface area contributed by atoms with E-state index in [9.17, 15) is 9.59 Å². The third kappa shape index (κ3) is 8.79. The average Bonchev–Trinajstić information content (AvgIpc) is 2.36. The number of hydrogen-bond acceptors (Lipinski definition) is 2. The van der Waals surface area contributed by atoms with E-state index in [0.717, 1.165) is 25.7 Å². The van der Waals surface area contributed by atoms with Gasteiger partial charge in [-0.2, -0.15) is 0 Å². The SMILES string of the molecule is CCCC(CCC)CCC(=O)CC(CCC)C(=O)O. The number of aliphatic carboxylic acids is 1. The normalized spacial score (nSPS) is 12.6. The minimum absolute atomic E-state index is 0.123. The van der Waals surface area contributed by atoms with Gasteiger partial charge in [0.25, 0.3) is 0 Å². The minimum Gasteiger partial charge on any atom is -0.481 e. The first-order valence-electron chi connectivity index (χ1n) is 7.79. The highest BCUT2D eigenvalue weighted by molar-refractivity contribution is 5.83. The van der Waals surface area contributed by atoms with E-state index in [2.05, 4.69) is 13.8 Å². The second-order valence-electron chi connectivity index (χ2n) is 5.55. The standard InChI is InChI=1S/C16H30O3/c1-4-7-13(8-5-2)10-11-15(17)12-14(9-6-3)16(18)19/h13-14H,4-12H2,1-3H3,(H,18,19). The zero-order valence-electron chi connectivity index (χ0n) is 12.8. The molecular weight excluding hydrogens is 240 g/mol. The highest BCUT2D eigenvalue weighted by atomic mass is 16.4. The van der Waals surface area contributed by atoms with Gasteiger partial charge in [-0.25, -0.2) is 0 Å². The summed E-state index contributed by atoms with van der Waals surface area (Å²) in [5, 5.41) is 9.05. The fraction of sp³-hybridized carbons (Fsp3) is 0.875. The molecule has 0 aliphatic rings. The van der Waals surface area contributed by atoms with Crippen LogP contribution in [0, 0.1) is 11.8 Å². The van der Waals surface area contributed by atoms with Crippen LogP contribution in [-0.2, 0) is 9.59 Å². The lowest BCUT2D eigenvalue weighted by molar-refractivity contribution is -0.144. The quantitative estimate of drug-likeness (QED) is 0.570. The van der Waals surface area contributed by atoms with E-state index >= 15 is 0 Å². The molecule has 19 heavy (non-hydrogen) atoms. The summed E-state index contributed by atoms with van der Waals surface area (Å²) in [5.74, 6) is -0.548. The topological polar surface area (TPSA) is 54.4 Å². The Kier molecular flexibility index (Phi) is 10.5. The third-order valence-corrected chi connectivity index (χ3v) is 3.69. The Morgan fingerprint density at radius 3 is 1.84 bits per heavy atom. The molecular formula is C16H30O3. The van der Waals surface area contributed by atoms with Gasteiger partial charge < -0.3 is 5.11 Å². The van der Waals surface area contributed by atoms with Crippen molar-refractivity contribution in [2.75, 3.05) is 0 Å². The molecule has 0 aromatic carbocycles. The van der Waals surface area contributed by atoms with E-state index in [1.165, 1.54) is 12.8 Å². The molecule has 3 nitrogen and oxygen atoms in total. The number of ketones is 1. The first-order valence-corrected chi connectivity index (χ1v) is 7.79. The number of hydrogen-bond donors (Lipinski definition) is 1. The van der Waals surface area contributed by atoms with Crippen molar-refractivity contribution in [3.63, 3.8) is 0 Å². The van der Waals surface area contributed by atoms with E-state index in [4.69, 9.17) is 5.11 Å². The molecule has 0 aromatic heterocycles. The summed E-state index contributed by atoms with van der Waals surface area (Å²) in [6.07, 6.45) is 7.80. The zero-order chi connectivity index (χ0) is 14.7. The Labute approximate surface area is 117 Å². The van der Waals surface area contributed by atoms with Gasteiger partial charge >= 0.3 is 5.97 Å². The fourth-order valence-corrected chi connectivity index (χ4v) is 2.65. The van der Waals surface area contributed by atoms with Crippen LogP contribution >= 0.6 is 0 Å². The minimum atomic E-state index is -0.825. The lowest BCUT2D eigenvalue weighted by Crippen LogP contribution is -2.18. The van der Waals surface area contributed by atoms with E-state index < -0.39 is 11.9 Å². The van der Waals surface area contributed by atoms with Crippen molar-refractivity contribution in [2.45, 2.75) is 78.6 Å². The van der Waals surface area contributed by atoms with Crippen molar-refractivity contribution in [2.24, 2.45) is 11.8 Å². The van der Waals surface area contributed by atoms with Crippen molar-refractivity contribution in [3.8, 4) is 0 Å². The first kappa shape index (κ1) is 18.1. The number of carbonyl (C=O) groups excluding carboxylic acids is 1. The Morgan fingerprint density at radius 2 is 1.42 bits per heavy atom. The zero-order valence-corrected chi connectivity index (χ0v) is 12.8. The molecule has 0 rings (SSSR count). The van der Waals surface area contributed by atoms with Crippen LogP contribution in [0.1, 0.15) is 78.6 Å². The van der Waals surface area contributed by atoms with Crippen LogP contribution in [0.2, 0.25) is 0 Å². The molecule has 0 spiro atoms. The molecule has 0 aliphatic carbocycles. The summed E-state index contributed by atoms with van der Waals surface area (Å²) in [7, 11) is 0. The highest BCUT2D eigenvalue weighted by Crippen LogP contribution is 2.21. The molecule has 0 aromatic rings. The molecule has 0 heterocycles. The Balaban J connectivity index is 4.10. The summed E-state index contributed by atoms with van der Waals surface area (Å²) in [6.45, 7) is 6.30. The van der Waals surface area contributed by atoms with Crippen molar-refractivity contribution in [3.05, 3.63) is 0 Å². The lowest BCUT2D eigenvalue weighted by Gasteiger charge is -2.15. The van der Waals surface area contributed by atoms with Crippen LogP contribution in [0.4, 0.5) is 0 Å². The molecule has 0 radical (unpaired) electrons. The molecule has 0 aliphatic heterocycles. The van der Waals surface area contributed by atoms with Crippen LogP contribution in [-0.4, -0.2) is 16.9 Å². The maximum atomic E-state index is 11.9. The largest absolute Gasteiger partial charge is 0.481 e. The van der Waals surface area contributed by atoms with Gasteiger partial charge in [0.2, 0.25) is 0 Å². The number of carboxylic acid groups (broad SMARTS) is 1. The molecule has 0 saturated carbocycles. The van der Waals surface area contributed by atoms with Crippen molar-refractivity contribution in [1.29, 1.82) is 0 Å². The van der Waals surface area contributed by atoms with Gasteiger partial charge in [-0.05, 0) is 18.8 Å². The summed E-state index contributed by atoms with van der Waals surface area (Å²) in [4.78, 5) is 22.9. The predicted octanol–water partition coefficient (Wildman–Crippen LogP) is 4.44. The number of Topliss-reactive ketones (excluding diaryl/α,β-unsaturated/α-hetero) is 1. The Morgan fingerprint density at radius 1 is 0.895 bits per heavy atom. The number of carboxylic acids is 1. The molecule has 0 bridgehead atoms. The van der Waals surface area contributed by atoms with Crippen LogP contribution in [0.15, 0.2) is 0 Å². The molecule has 1 N–H and O–H groups in total. The highest BCUT2D eigenvalue weighted by Gasteiger charge is 2.20. The van der Waals surface area contributed by atoms with Crippen molar-refractivity contribution in [1.82, 2.24) is 0 Å². The van der Waals surface area contributed by atoms with Gasteiger partial charge in [0.1, 0.15) is 5.78 Å². The Bertz CT molecular complexity index is 255. The van der Waals surface area contributed by atoms with Crippen molar-refractivity contribution < 1.29 is 14.7 Å². The third-order valence-electron chi connectivity index (χ3n) is 3.69. The van der Waals surface area contributed by atoms with E-state index in [1.807, 2.05) is 6.92 Å². The number of rotatable bonds is 12. The summed E-state index contributed by atoms with van der Waals surface area (Å²) in [6, 6.07) is 0. The van der Waals surface area contributed by atoms with Crippen LogP contribution in [0.3, 0.4) is 0 Å². The molecule has 3 heteroatoms. The lowest BCUT2D eigenvalue weighted by atomic mass is 9.90. The molecule has 0 amide bonds. The van der Waals surface area contributed by atoms with Gasteiger partial charge in [0.15, 0.2) is 0 Å². The summed E-state index contributed by atoms with van der Waals surface area (Å²) >= 11 is 0. The molecule has 0 saturated heterocycles. The van der Waals surface area contributed by atoms with Gasteiger partial charge in [-0.15, -0.1) is 0 Å². The first-order chi connectivity index (χ1) is 9.04. The second kappa shape index (κ2) is 11.0. The maximum Gasteiger partial charge on any atom is 0.306 e. The number of carbonyl (C=O) groups is 2. The average molecular weight is 270 g/mol. The molecule has 0 fully saturated rings. The maximum absolute atomic E-state index is 11.9. The molecule has 1 unspecified atom stereocenters.